The van der Waals surface area contributed by atoms with Crippen LogP contribution in [-0.2, 0) is 4.79 Å². The van der Waals surface area contributed by atoms with Gasteiger partial charge in [-0.2, -0.15) is 0 Å². The van der Waals surface area contributed by atoms with Crippen molar-refractivity contribution in [3.63, 3.8) is 0 Å². The Balaban J connectivity index is 2.29. The number of rotatable bonds is 5. The van der Waals surface area contributed by atoms with Gasteiger partial charge < -0.3 is 10.2 Å². The normalized spacial score (nSPS) is 18.7. The number of hydrogen-bond acceptors (Lipinski definition) is 2. The molecule has 1 unspecified atom stereocenters. The maximum absolute atomic E-state index is 13.4. The highest BCUT2D eigenvalue weighted by atomic mass is 19.1. The summed E-state index contributed by atoms with van der Waals surface area (Å²) in [4.78, 5) is 13.7. The fourth-order valence-electron chi connectivity index (χ4n) is 2.26. The third-order valence-corrected chi connectivity index (χ3v) is 3.30. The average molecular weight is 262 g/mol. The van der Waals surface area contributed by atoms with Crippen LogP contribution in [0, 0.1) is 11.7 Å². The van der Waals surface area contributed by atoms with Crippen LogP contribution in [0.25, 0.3) is 0 Å². The molecule has 102 valence electrons. The second-order valence-corrected chi connectivity index (χ2v) is 4.79. The SMILES string of the molecule is C=CC1CC(=O)N(c2cc(F)ccc2NCCC)C1. The number of anilines is 2. The number of hydrogen-bond donors (Lipinski definition) is 1. The number of amides is 1. The van der Waals surface area contributed by atoms with Crippen LogP contribution < -0.4 is 10.2 Å². The Bertz CT molecular complexity index is 487. The van der Waals surface area contributed by atoms with Gasteiger partial charge in [-0.15, -0.1) is 6.58 Å². The van der Waals surface area contributed by atoms with Crippen LogP contribution in [0.1, 0.15) is 19.8 Å². The molecule has 1 aliphatic rings. The summed E-state index contributed by atoms with van der Waals surface area (Å²) < 4.78 is 13.4. The summed E-state index contributed by atoms with van der Waals surface area (Å²) >= 11 is 0. The summed E-state index contributed by atoms with van der Waals surface area (Å²) in [5.74, 6) is -0.156. The van der Waals surface area contributed by atoms with Crippen LogP contribution in [-0.4, -0.2) is 19.0 Å². The average Bonchev–Trinajstić information content (AvgIpc) is 2.78. The van der Waals surface area contributed by atoms with Crippen molar-refractivity contribution in [2.24, 2.45) is 5.92 Å². The molecule has 0 aromatic heterocycles. The first-order valence-electron chi connectivity index (χ1n) is 6.62. The van der Waals surface area contributed by atoms with Crippen molar-refractivity contribution in [3.8, 4) is 0 Å². The number of nitrogens with zero attached hydrogens (tertiary/aromatic N) is 1. The molecule has 3 nitrogen and oxygen atoms in total. The molecule has 0 radical (unpaired) electrons. The van der Waals surface area contributed by atoms with Crippen LogP contribution >= 0.6 is 0 Å². The lowest BCUT2D eigenvalue weighted by Crippen LogP contribution is -2.25. The Kier molecular flexibility index (Phi) is 4.20. The third kappa shape index (κ3) is 2.95. The van der Waals surface area contributed by atoms with Crippen LogP contribution in [0.4, 0.5) is 15.8 Å². The molecule has 0 spiro atoms. The largest absolute Gasteiger partial charge is 0.383 e. The van der Waals surface area contributed by atoms with Crippen LogP contribution in [0.3, 0.4) is 0 Å². The second kappa shape index (κ2) is 5.87. The minimum absolute atomic E-state index is 0.0232. The lowest BCUT2D eigenvalue weighted by atomic mass is 10.1. The molecule has 1 amide bonds. The molecule has 19 heavy (non-hydrogen) atoms. The highest BCUT2D eigenvalue weighted by Gasteiger charge is 2.30. The van der Waals surface area contributed by atoms with Gasteiger partial charge in [0, 0.05) is 25.4 Å². The van der Waals surface area contributed by atoms with Crippen LogP contribution in [0.5, 0.6) is 0 Å². The minimum Gasteiger partial charge on any atom is -0.383 e. The number of halogens is 1. The number of carbonyl (C=O) groups is 1. The van der Waals surface area contributed by atoms with E-state index in [-0.39, 0.29) is 17.6 Å². The second-order valence-electron chi connectivity index (χ2n) is 4.79. The van der Waals surface area contributed by atoms with E-state index in [4.69, 9.17) is 0 Å². The van der Waals surface area contributed by atoms with Gasteiger partial charge in [-0.25, -0.2) is 4.39 Å². The maximum Gasteiger partial charge on any atom is 0.227 e. The van der Waals surface area contributed by atoms with Crippen LogP contribution in [0.2, 0.25) is 0 Å². The molecule has 0 saturated carbocycles. The summed E-state index contributed by atoms with van der Waals surface area (Å²) in [7, 11) is 0. The van der Waals surface area contributed by atoms with Crippen molar-refractivity contribution in [1.82, 2.24) is 0 Å². The van der Waals surface area contributed by atoms with Gasteiger partial charge in [0.2, 0.25) is 5.91 Å². The topological polar surface area (TPSA) is 32.3 Å². The van der Waals surface area contributed by atoms with E-state index >= 15 is 0 Å². The van der Waals surface area contributed by atoms with Crippen molar-refractivity contribution in [2.75, 3.05) is 23.3 Å². The van der Waals surface area contributed by atoms with Crippen LogP contribution in [0.15, 0.2) is 30.9 Å². The molecule has 1 saturated heterocycles. The molecular formula is C15H19FN2O. The van der Waals surface area contributed by atoms with Crippen molar-refractivity contribution >= 4 is 17.3 Å². The van der Waals surface area contributed by atoms with Gasteiger partial charge in [0.05, 0.1) is 11.4 Å². The summed E-state index contributed by atoms with van der Waals surface area (Å²) in [5.41, 5.74) is 1.43. The van der Waals surface area contributed by atoms with Crippen molar-refractivity contribution < 1.29 is 9.18 Å². The third-order valence-electron chi connectivity index (χ3n) is 3.30. The first kappa shape index (κ1) is 13.6. The molecule has 1 aromatic rings. The zero-order valence-corrected chi connectivity index (χ0v) is 11.2. The van der Waals surface area contributed by atoms with E-state index in [9.17, 15) is 9.18 Å². The molecule has 1 atom stereocenters. The molecular weight excluding hydrogens is 243 g/mol. The summed E-state index contributed by atoms with van der Waals surface area (Å²) in [6.07, 6.45) is 3.21. The number of nitrogens with one attached hydrogen (secondary N) is 1. The predicted octanol–water partition coefficient (Wildman–Crippen LogP) is 3.19. The van der Waals surface area contributed by atoms with Gasteiger partial charge in [-0.1, -0.05) is 13.0 Å². The first-order chi connectivity index (χ1) is 9.15. The fraction of sp³-hybridized carbons (Fsp3) is 0.400. The molecule has 1 fully saturated rings. The van der Waals surface area contributed by atoms with Gasteiger partial charge in [-0.3, -0.25) is 4.79 Å². The number of carbonyl (C=O) groups excluding carboxylic acids is 1. The van der Waals surface area contributed by atoms with Crippen molar-refractivity contribution in [2.45, 2.75) is 19.8 Å². The monoisotopic (exact) mass is 262 g/mol. The molecule has 4 heteroatoms. The van der Waals surface area contributed by atoms with E-state index in [0.29, 0.717) is 18.7 Å². The molecule has 2 rings (SSSR count). The Hall–Kier alpha value is -1.84. The molecule has 0 aliphatic carbocycles. The van der Waals surface area contributed by atoms with E-state index in [1.165, 1.54) is 12.1 Å². The quantitative estimate of drug-likeness (QED) is 0.826. The Morgan fingerprint density at radius 2 is 2.37 bits per heavy atom. The van der Waals surface area contributed by atoms with Gasteiger partial charge in [-0.05, 0) is 24.6 Å². The Labute approximate surface area is 113 Å². The zero-order valence-electron chi connectivity index (χ0n) is 11.2. The van der Waals surface area contributed by atoms with Crippen molar-refractivity contribution in [1.29, 1.82) is 0 Å². The molecule has 1 N–H and O–H groups in total. The molecule has 0 bridgehead atoms. The van der Waals surface area contributed by atoms with E-state index in [1.807, 2.05) is 0 Å². The Morgan fingerprint density at radius 1 is 1.58 bits per heavy atom. The lowest BCUT2D eigenvalue weighted by Gasteiger charge is -2.21. The van der Waals surface area contributed by atoms with Crippen molar-refractivity contribution in [3.05, 3.63) is 36.7 Å². The summed E-state index contributed by atoms with van der Waals surface area (Å²) in [6.45, 7) is 7.16. The van der Waals surface area contributed by atoms with E-state index in [1.54, 1.807) is 17.0 Å². The fourth-order valence-corrected chi connectivity index (χ4v) is 2.26. The molecule has 1 heterocycles. The standard InChI is InChI=1S/C15H19FN2O/c1-3-7-17-13-6-5-12(16)9-14(13)18-10-11(4-2)8-15(18)19/h4-6,9,11,17H,2-3,7-8,10H2,1H3. The Morgan fingerprint density at radius 3 is 3.00 bits per heavy atom. The highest BCUT2D eigenvalue weighted by molar-refractivity contribution is 5.99. The molecule has 1 aromatic carbocycles. The van der Waals surface area contributed by atoms with E-state index in [0.717, 1.165) is 18.7 Å². The molecule has 1 aliphatic heterocycles. The zero-order chi connectivity index (χ0) is 13.8. The van der Waals surface area contributed by atoms with Gasteiger partial charge in [0.15, 0.2) is 0 Å². The minimum atomic E-state index is -0.327. The van der Waals surface area contributed by atoms with Gasteiger partial charge >= 0.3 is 0 Å². The van der Waals surface area contributed by atoms with Gasteiger partial charge in [0.25, 0.3) is 0 Å². The predicted molar refractivity (Wildman–Crippen MR) is 75.8 cm³/mol. The smallest absolute Gasteiger partial charge is 0.227 e. The maximum atomic E-state index is 13.4. The lowest BCUT2D eigenvalue weighted by molar-refractivity contribution is -0.117. The summed E-state index contributed by atoms with van der Waals surface area (Å²) in [6, 6.07) is 4.52. The van der Waals surface area contributed by atoms with E-state index < -0.39 is 0 Å². The van der Waals surface area contributed by atoms with E-state index in [2.05, 4.69) is 18.8 Å². The highest BCUT2D eigenvalue weighted by Crippen LogP contribution is 2.32. The first-order valence-corrected chi connectivity index (χ1v) is 6.62. The summed E-state index contributed by atoms with van der Waals surface area (Å²) in [5, 5.41) is 3.23. The number of benzene rings is 1. The van der Waals surface area contributed by atoms with Gasteiger partial charge in [0.1, 0.15) is 5.82 Å².